The number of hydrogen-bond acceptors (Lipinski definition) is 4. The second kappa shape index (κ2) is 4.99. The van der Waals surface area contributed by atoms with Crippen molar-refractivity contribution in [1.29, 1.82) is 0 Å². The third-order valence-corrected chi connectivity index (χ3v) is 4.10. The molecule has 0 heterocycles. The molecule has 0 atom stereocenters. The van der Waals surface area contributed by atoms with E-state index in [1.807, 2.05) is 0 Å². The van der Waals surface area contributed by atoms with E-state index in [0.29, 0.717) is 0 Å². The number of phenolic OH excluding ortho intramolecular Hbond substituents is 1. The monoisotopic (exact) mass is 298 g/mol. The van der Waals surface area contributed by atoms with E-state index >= 15 is 0 Å². The number of anilines is 2. The Hall–Kier alpha value is -1.92. The summed E-state index contributed by atoms with van der Waals surface area (Å²) < 4.78 is 26.5. The first-order valence-electron chi connectivity index (χ1n) is 5.25. The molecule has 0 spiro atoms. The lowest BCUT2D eigenvalue weighted by molar-refractivity contribution is 0.475. The molecule has 2 rings (SSSR count). The van der Waals surface area contributed by atoms with Crippen LogP contribution < -0.4 is 10.5 Å². The van der Waals surface area contributed by atoms with Crippen LogP contribution >= 0.6 is 11.6 Å². The molecular weight excluding hydrogens is 288 g/mol. The van der Waals surface area contributed by atoms with Crippen molar-refractivity contribution in [3.63, 3.8) is 0 Å². The number of nitrogen functional groups attached to an aromatic ring is 1. The molecule has 0 saturated carbocycles. The third-order valence-electron chi connectivity index (χ3n) is 2.38. The highest BCUT2D eigenvalue weighted by Gasteiger charge is 2.15. The molecule has 0 amide bonds. The molecule has 0 bridgehead atoms. The third kappa shape index (κ3) is 3.10. The second-order valence-electron chi connectivity index (χ2n) is 3.84. The SMILES string of the molecule is Nc1cc(S(=O)(=O)Nc2cccc(O)c2)ccc1Cl. The zero-order valence-corrected chi connectivity index (χ0v) is 11.2. The van der Waals surface area contributed by atoms with Crippen molar-refractivity contribution in [1.82, 2.24) is 0 Å². The molecule has 2 aromatic rings. The maximum absolute atomic E-state index is 12.1. The summed E-state index contributed by atoms with van der Waals surface area (Å²) in [4.78, 5) is -0.00209. The number of benzene rings is 2. The summed E-state index contributed by atoms with van der Waals surface area (Å²) in [5.74, 6) is -0.0316. The quantitative estimate of drug-likeness (QED) is 0.759. The van der Waals surface area contributed by atoms with Gasteiger partial charge in [-0.3, -0.25) is 4.72 Å². The van der Waals surface area contributed by atoms with Crippen molar-refractivity contribution in [2.75, 3.05) is 10.5 Å². The van der Waals surface area contributed by atoms with Crippen molar-refractivity contribution in [2.45, 2.75) is 4.90 Å². The number of nitrogens with one attached hydrogen (secondary N) is 1. The summed E-state index contributed by atoms with van der Waals surface area (Å²) in [7, 11) is -3.77. The fourth-order valence-corrected chi connectivity index (χ4v) is 2.67. The molecule has 5 nitrogen and oxygen atoms in total. The standard InChI is InChI=1S/C12H11ClN2O3S/c13-11-5-4-10(7-12(11)14)19(17,18)15-8-2-1-3-9(16)6-8/h1-7,15-16H,14H2. The Labute approximate surface area is 115 Å². The summed E-state index contributed by atoms with van der Waals surface area (Å²) in [5, 5.41) is 9.58. The molecule has 4 N–H and O–H groups in total. The van der Waals surface area contributed by atoms with Gasteiger partial charge in [0.25, 0.3) is 10.0 Å². The van der Waals surface area contributed by atoms with E-state index < -0.39 is 10.0 Å². The van der Waals surface area contributed by atoms with Crippen molar-refractivity contribution < 1.29 is 13.5 Å². The zero-order chi connectivity index (χ0) is 14.0. The van der Waals surface area contributed by atoms with Crippen molar-refractivity contribution >= 4 is 33.0 Å². The summed E-state index contributed by atoms with van der Waals surface area (Å²) in [6.45, 7) is 0. The Bertz CT molecular complexity index is 717. The lowest BCUT2D eigenvalue weighted by atomic mass is 10.3. The van der Waals surface area contributed by atoms with Gasteiger partial charge in [-0.1, -0.05) is 17.7 Å². The first kappa shape index (κ1) is 13.5. The molecule has 0 aliphatic heterocycles. The van der Waals surface area contributed by atoms with Gasteiger partial charge in [0.05, 0.1) is 21.3 Å². The first-order valence-corrected chi connectivity index (χ1v) is 7.11. The molecule has 0 unspecified atom stereocenters. The first-order chi connectivity index (χ1) is 8.88. The minimum Gasteiger partial charge on any atom is -0.508 e. The molecular formula is C12H11ClN2O3S. The Morgan fingerprint density at radius 1 is 1.16 bits per heavy atom. The molecule has 19 heavy (non-hydrogen) atoms. The summed E-state index contributed by atoms with van der Waals surface area (Å²) >= 11 is 5.74. The minimum absolute atomic E-state index is 0.00209. The van der Waals surface area contributed by atoms with Gasteiger partial charge in [0.1, 0.15) is 5.75 Å². The smallest absolute Gasteiger partial charge is 0.261 e. The van der Waals surface area contributed by atoms with Crippen LogP contribution in [0.15, 0.2) is 47.4 Å². The second-order valence-corrected chi connectivity index (χ2v) is 5.93. The number of halogens is 1. The largest absolute Gasteiger partial charge is 0.508 e. The highest BCUT2D eigenvalue weighted by Crippen LogP contribution is 2.24. The minimum atomic E-state index is -3.77. The van der Waals surface area contributed by atoms with Crippen LogP contribution in [0.5, 0.6) is 5.75 Å². The van der Waals surface area contributed by atoms with Gasteiger partial charge < -0.3 is 10.8 Å². The van der Waals surface area contributed by atoms with Gasteiger partial charge in [-0.2, -0.15) is 0 Å². The molecule has 0 saturated heterocycles. The zero-order valence-electron chi connectivity index (χ0n) is 9.67. The van der Waals surface area contributed by atoms with E-state index in [0.717, 1.165) is 0 Å². The summed E-state index contributed by atoms with van der Waals surface area (Å²) in [6, 6.07) is 9.83. The predicted octanol–water partition coefficient (Wildman–Crippen LogP) is 2.43. The molecule has 100 valence electrons. The molecule has 0 aromatic heterocycles. The lowest BCUT2D eigenvalue weighted by Crippen LogP contribution is -2.13. The highest BCUT2D eigenvalue weighted by molar-refractivity contribution is 7.92. The Morgan fingerprint density at radius 2 is 1.89 bits per heavy atom. The molecule has 7 heteroatoms. The van der Waals surface area contributed by atoms with Crippen LogP contribution in [0.25, 0.3) is 0 Å². The number of phenols is 1. The fourth-order valence-electron chi connectivity index (χ4n) is 1.47. The van der Waals surface area contributed by atoms with Crippen LogP contribution in [-0.2, 0) is 10.0 Å². The van der Waals surface area contributed by atoms with E-state index in [2.05, 4.69) is 4.72 Å². The van der Waals surface area contributed by atoms with Crippen LogP contribution in [0, 0.1) is 0 Å². The van der Waals surface area contributed by atoms with Gasteiger partial charge in [0.2, 0.25) is 0 Å². The molecule has 0 aliphatic rings. The number of rotatable bonds is 3. The lowest BCUT2D eigenvalue weighted by Gasteiger charge is -2.09. The Morgan fingerprint density at radius 3 is 2.53 bits per heavy atom. The van der Waals surface area contributed by atoms with E-state index in [9.17, 15) is 13.5 Å². The summed E-state index contributed by atoms with van der Waals surface area (Å²) in [6.07, 6.45) is 0. The topological polar surface area (TPSA) is 92.4 Å². The van der Waals surface area contributed by atoms with Gasteiger partial charge in [-0.25, -0.2) is 8.42 Å². The van der Waals surface area contributed by atoms with Crippen LogP contribution in [0.3, 0.4) is 0 Å². The predicted molar refractivity (Wildman–Crippen MR) is 74.8 cm³/mol. The maximum Gasteiger partial charge on any atom is 0.261 e. The number of aromatic hydroxyl groups is 1. The van der Waals surface area contributed by atoms with Crippen LogP contribution in [0.1, 0.15) is 0 Å². The van der Waals surface area contributed by atoms with Crippen LogP contribution in [-0.4, -0.2) is 13.5 Å². The van der Waals surface area contributed by atoms with E-state index in [1.165, 1.54) is 42.5 Å². The maximum atomic E-state index is 12.1. The van der Waals surface area contributed by atoms with Gasteiger partial charge >= 0.3 is 0 Å². The van der Waals surface area contributed by atoms with Gasteiger partial charge in [0.15, 0.2) is 0 Å². The van der Waals surface area contributed by atoms with Crippen LogP contribution in [0.2, 0.25) is 5.02 Å². The highest BCUT2D eigenvalue weighted by atomic mass is 35.5. The van der Waals surface area contributed by atoms with Crippen molar-refractivity contribution in [2.24, 2.45) is 0 Å². The van der Waals surface area contributed by atoms with Gasteiger partial charge in [-0.15, -0.1) is 0 Å². The number of hydrogen-bond donors (Lipinski definition) is 3. The summed E-state index contributed by atoms with van der Waals surface area (Å²) in [5.41, 5.74) is 6.01. The van der Waals surface area contributed by atoms with Crippen LogP contribution in [0.4, 0.5) is 11.4 Å². The van der Waals surface area contributed by atoms with Gasteiger partial charge in [0, 0.05) is 6.07 Å². The molecule has 2 aromatic carbocycles. The average molecular weight is 299 g/mol. The van der Waals surface area contributed by atoms with E-state index in [4.69, 9.17) is 17.3 Å². The van der Waals surface area contributed by atoms with Gasteiger partial charge in [-0.05, 0) is 30.3 Å². The number of nitrogens with two attached hydrogens (primary N) is 1. The Kier molecular flexibility index (Phi) is 3.55. The normalized spacial score (nSPS) is 11.2. The van der Waals surface area contributed by atoms with E-state index in [1.54, 1.807) is 0 Å². The molecule has 0 radical (unpaired) electrons. The van der Waals surface area contributed by atoms with Crippen molar-refractivity contribution in [3.8, 4) is 5.75 Å². The average Bonchev–Trinajstić information content (AvgIpc) is 2.32. The fraction of sp³-hybridized carbons (Fsp3) is 0. The van der Waals surface area contributed by atoms with E-state index in [-0.39, 0.29) is 27.0 Å². The molecule has 0 fully saturated rings. The molecule has 0 aliphatic carbocycles. The van der Waals surface area contributed by atoms with Crippen molar-refractivity contribution in [3.05, 3.63) is 47.5 Å². The Balaban J connectivity index is 2.35. The number of sulfonamides is 1.